The highest BCUT2D eigenvalue weighted by molar-refractivity contribution is 5.75. The fourth-order valence-corrected chi connectivity index (χ4v) is 0. The SMILES string of the molecule is O=C(O)CO.[AlH3]. The molecule has 0 aliphatic carbocycles. The first-order valence-electron chi connectivity index (χ1n) is 1.10. The summed E-state index contributed by atoms with van der Waals surface area (Å²) in [5.41, 5.74) is 0. The van der Waals surface area contributed by atoms with Crippen LogP contribution in [-0.4, -0.2) is 40.2 Å². The molecule has 0 amide bonds. The van der Waals surface area contributed by atoms with Gasteiger partial charge >= 0.3 is 5.97 Å². The van der Waals surface area contributed by atoms with Crippen molar-refractivity contribution in [2.75, 3.05) is 6.61 Å². The van der Waals surface area contributed by atoms with Crippen molar-refractivity contribution >= 4 is 23.3 Å². The Balaban J connectivity index is 0. The van der Waals surface area contributed by atoms with Crippen molar-refractivity contribution in [2.45, 2.75) is 0 Å². The van der Waals surface area contributed by atoms with Crippen molar-refractivity contribution in [3.05, 3.63) is 0 Å². The van der Waals surface area contributed by atoms with Crippen LogP contribution in [0.5, 0.6) is 0 Å². The summed E-state index contributed by atoms with van der Waals surface area (Å²) in [5.74, 6) is -1.19. The van der Waals surface area contributed by atoms with E-state index in [2.05, 4.69) is 0 Å². The Morgan fingerprint density at radius 1 is 1.67 bits per heavy atom. The predicted molar refractivity (Wildman–Crippen MR) is 24.7 cm³/mol. The highest BCUT2D eigenvalue weighted by Crippen LogP contribution is 1.48. The third-order valence-corrected chi connectivity index (χ3v) is 0.135. The molecule has 0 spiro atoms. The standard InChI is InChI=1S/C2H4O3.Al.3H/c3-1-2(4)5;;;;/h3H,1H2,(H,4,5);;;;. The molecule has 0 saturated heterocycles. The van der Waals surface area contributed by atoms with Gasteiger partial charge in [0.2, 0.25) is 0 Å². The van der Waals surface area contributed by atoms with E-state index in [1.54, 1.807) is 0 Å². The minimum absolute atomic E-state index is 0. The monoisotopic (exact) mass is 106 g/mol. The number of aliphatic hydroxyl groups is 1. The third kappa shape index (κ3) is 9.03. The zero-order chi connectivity index (χ0) is 4.28. The van der Waals surface area contributed by atoms with E-state index in [1.807, 2.05) is 0 Å². The van der Waals surface area contributed by atoms with E-state index >= 15 is 0 Å². The van der Waals surface area contributed by atoms with Gasteiger partial charge in [0, 0.05) is 0 Å². The molecule has 0 aliphatic heterocycles. The van der Waals surface area contributed by atoms with Crippen LogP contribution in [0.3, 0.4) is 0 Å². The van der Waals surface area contributed by atoms with Gasteiger partial charge in [-0.05, 0) is 0 Å². The number of carbonyl (C=O) groups is 1. The van der Waals surface area contributed by atoms with Crippen LogP contribution in [0.4, 0.5) is 0 Å². The lowest BCUT2D eigenvalue weighted by Crippen LogP contribution is -1.98. The summed E-state index contributed by atoms with van der Waals surface area (Å²) < 4.78 is 0. The van der Waals surface area contributed by atoms with Crippen molar-refractivity contribution in [3.8, 4) is 0 Å². The Kier molecular flexibility index (Phi) is 7.73. The average Bonchev–Trinajstić information content (AvgIpc) is 1.38. The maximum Gasteiger partial charge on any atom is 0.329 e. The largest absolute Gasteiger partial charge is 0.480 e. The van der Waals surface area contributed by atoms with Crippen LogP contribution in [-0.2, 0) is 4.79 Å². The van der Waals surface area contributed by atoms with Gasteiger partial charge in [0.25, 0.3) is 0 Å². The molecule has 36 valence electrons. The number of aliphatic hydroxyl groups excluding tert-OH is 1. The van der Waals surface area contributed by atoms with E-state index in [0.29, 0.717) is 0 Å². The first-order valence-corrected chi connectivity index (χ1v) is 1.10. The Labute approximate surface area is 45.7 Å². The Bertz CT molecular complexity index is 44.1. The molecule has 0 rings (SSSR count). The molecule has 2 N–H and O–H groups in total. The number of carboxylic acid groups (broad SMARTS) is 1. The Morgan fingerprint density at radius 3 is 1.83 bits per heavy atom. The molecular weight excluding hydrogens is 99.0 g/mol. The summed E-state index contributed by atoms with van der Waals surface area (Å²) in [6.45, 7) is -0.778. The summed E-state index contributed by atoms with van der Waals surface area (Å²) in [5, 5.41) is 15.0. The molecule has 0 heterocycles. The molecule has 0 unspecified atom stereocenters. The Hall–Kier alpha value is -0.0375. The lowest BCUT2D eigenvalue weighted by molar-refractivity contribution is -0.140. The van der Waals surface area contributed by atoms with E-state index in [9.17, 15) is 0 Å². The summed E-state index contributed by atoms with van der Waals surface area (Å²) in [6, 6.07) is 0. The van der Waals surface area contributed by atoms with Crippen LogP contribution in [0, 0.1) is 0 Å². The van der Waals surface area contributed by atoms with E-state index in [-0.39, 0.29) is 17.4 Å². The Morgan fingerprint density at radius 2 is 1.83 bits per heavy atom. The molecule has 0 aromatic carbocycles. The van der Waals surface area contributed by atoms with E-state index in [4.69, 9.17) is 15.0 Å². The second-order valence-electron chi connectivity index (χ2n) is 0.552. The quantitative estimate of drug-likeness (QED) is 0.376. The second-order valence-corrected chi connectivity index (χ2v) is 0.552. The van der Waals surface area contributed by atoms with Gasteiger partial charge in [-0.15, -0.1) is 0 Å². The van der Waals surface area contributed by atoms with Gasteiger partial charge in [-0.2, -0.15) is 0 Å². The highest BCUT2D eigenvalue weighted by Gasteiger charge is 1.82. The number of hydrogen-bond donors (Lipinski definition) is 2. The van der Waals surface area contributed by atoms with E-state index in [1.165, 1.54) is 0 Å². The van der Waals surface area contributed by atoms with Crippen molar-refractivity contribution in [3.63, 3.8) is 0 Å². The first-order chi connectivity index (χ1) is 2.27. The van der Waals surface area contributed by atoms with Crippen LogP contribution in [0.25, 0.3) is 0 Å². The van der Waals surface area contributed by atoms with Gasteiger partial charge in [-0.1, -0.05) is 0 Å². The molecule has 6 heavy (non-hydrogen) atoms. The van der Waals surface area contributed by atoms with Crippen LogP contribution in [0.1, 0.15) is 0 Å². The topological polar surface area (TPSA) is 57.5 Å². The summed E-state index contributed by atoms with van der Waals surface area (Å²) in [4.78, 5) is 9.12. The number of carboxylic acids is 1. The van der Waals surface area contributed by atoms with Gasteiger partial charge in [0.15, 0.2) is 17.4 Å². The van der Waals surface area contributed by atoms with Gasteiger partial charge in [0.1, 0.15) is 6.61 Å². The zero-order valence-electron chi connectivity index (χ0n) is 2.51. The van der Waals surface area contributed by atoms with Crippen LogP contribution in [0.15, 0.2) is 0 Å². The maximum absolute atomic E-state index is 9.12. The van der Waals surface area contributed by atoms with Gasteiger partial charge in [-0.25, -0.2) is 4.79 Å². The molecule has 0 bridgehead atoms. The minimum atomic E-state index is -1.19. The predicted octanol–water partition coefficient (Wildman–Crippen LogP) is -2.12. The van der Waals surface area contributed by atoms with Crippen LogP contribution < -0.4 is 0 Å². The molecule has 4 heteroatoms. The fraction of sp³-hybridized carbons (Fsp3) is 0.500. The van der Waals surface area contributed by atoms with Crippen LogP contribution >= 0.6 is 0 Å². The lowest BCUT2D eigenvalue weighted by Gasteiger charge is -1.72. The fourth-order valence-electron chi connectivity index (χ4n) is 0. The van der Waals surface area contributed by atoms with Crippen molar-refractivity contribution in [1.82, 2.24) is 0 Å². The molecule has 0 aliphatic rings. The first kappa shape index (κ1) is 9.35. The third-order valence-electron chi connectivity index (χ3n) is 0.135. The minimum Gasteiger partial charge on any atom is -0.480 e. The molecule has 0 aromatic heterocycles. The molecule has 0 aromatic rings. The van der Waals surface area contributed by atoms with E-state index < -0.39 is 12.6 Å². The normalized spacial score (nSPS) is 6.17. The summed E-state index contributed by atoms with van der Waals surface area (Å²) >= 11 is 0. The second kappa shape index (κ2) is 4.96. The molecule has 0 radical (unpaired) electrons. The zero-order valence-corrected chi connectivity index (χ0v) is 2.51. The van der Waals surface area contributed by atoms with Crippen molar-refractivity contribution in [1.29, 1.82) is 0 Å². The van der Waals surface area contributed by atoms with Crippen molar-refractivity contribution in [2.24, 2.45) is 0 Å². The van der Waals surface area contributed by atoms with Gasteiger partial charge in [0.05, 0.1) is 0 Å². The molecule has 0 fully saturated rings. The summed E-state index contributed by atoms with van der Waals surface area (Å²) in [7, 11) is 0. The van der Waals surface area contributed by atoms with E-state index in [0.717, 1.165) is 0 Å². The number of hydrogen-bond acceptors (Lipinski definition) is 2. The molecule has 0 saturated carbocycles. The highest BCUT2D eigenvalue weighted by atomic mass is 27.0. The number of rotatable bonds is 1. The van der Waals surface area contributed by atoms with Gasteiger partial charge in [-0.3, -0.25) is 0 Å². The van der Waals surface area contributed by atoms with Crippen molar-refractivity contribution < 1.29 is 15.0 Å². The lowest BCUT2D eigenvalue weighted by atomic mass is 10.8. The summed E-state index contributed by atoms with van der Waals surface area (Å²) in [6.07, 6.45) is 0. The van der Waals surface area contributed by atoms with Crippen LogP contribution in [0.2, 0.25) is 0 Å². The van der Waals surface area contributed by atoms with Gasteiger partial charge < -0.3 is 10.2 Å². The molecular formula is C2H7AlO3. The average molecular weight is 106 g/mol. The molecule has 0 atom stereocenters. The molecule has 3 nitrogen and oxygen atoms in total. The number of aliphatic carboxylic acids is 1. The maximum atomic E-state index is 9.12. The smallest absolute Gasteiger partial charge is 0.329 e.